The second kappa shape index (κ2) is 7.05. The highest BCUT2D eigenvalue weighted by Gasteiger charge is 2.49. The summed E-state index contributed by atoms with van der Waals surface area (Å²) < 4.78 is 0. The lowest BCUT2D eigenvalue weighted by atomic mass is 9.78. The van der Waals surface area contributed by atoms with Gasteiger partial charge in [0.15, 0.2) is 0 Å². The van der Waals surface area contributed by atoms with Gasteiger partial charge in [-0.05, 0) is 39.0 Å². The number of hydrogen-bond acceptors (Lipinski definition) is 3. The van der Waals surface area contributed by atoms with Gasteiger partial charge in [0.2, 0.25) is 5.91 Å². The van der Waals surface area contributed by atoms with Crippen molar-refractivity contribution in [2.24, 2.45) is 5.41 Å². The van der Waals surface area contributed by atoms with E-state index in [2.05, 4.69) is 10.2 Å². The molecule has 2 aliphatic heterocycles. The van der Waals surface area contributed by atoms with E-state index >= 15 is 0 Å². The zero-order valence-electron chi connectivity index (χ0n) is 15.8. The Hall–Kier alpha value is -1.85. The fourth-order valence-electron chi connectivity index (χ4n) is 5.22. The van der Waals surface area contributed by atoms with Gasteiger partial charge in [-0.25, -0.2) is 0 Å². The number of nitrogens with one attached hydrogen (secondary N) is 1. The summed E-state index contributed by atoms with van der Waals surface area (Å²) in [6, 6.07) is 0. The Kier molecular flexibility index (Phi) is 4.76. The zero-order valence-corrected chi connectivity index (χ0v) is 15.8. The van der Waals surface area contributed by atoms with Crippen LogP contribution < -0.4 is 0 Å². The standard InChI is InChI=1S/C20H30N4O2/c1-2-23-11-6-9-20(19(23)26)10-12-24(14-20)18(25)16-13-21-22-17(16)15-7-4-3-5-8-15/h13,15H,2-12,14H2,1H3,(H,21,22). The molecule has 0 aromatic carbocycles. The van der Waals surface area contributed by atoms with Crippen LogP contribution in [0.15, 0.2) is 6.20 Å². The molecule has 142 valence electrons. The van der Waals surface area contributed by atoms with Crippen LogP contribution in [0, 0.1) is 5.41 Å². The van der Waals surface area contributed by atoms with E-state index in [0.29, 0.717) is 19.0 Å². The third kappa shape index (κ3) is 2.93. The molecular formula is C20H30N4O2. The Labute approximate surface area is 155 Å². The lowest BCUT2D eigenvalue weighted by Gasteiger charge is -2.38. The second-order valence-corrected chi connectivity index (χ2v) is 8.28. The number of rotatable bonds is 3. The van der Waals surface area contributed by atoms with Gasteiger partial charge < -0.3 is 9.80 Å². The molecule has 3 heterocycles. The van der Waals surface area contributed by atoms with E-state index in [1.807, 2.05) is 16.7 Å². The van der Waals surface area contributed by atoms with E-state index < -0.39 is 0 Å². The van der Waals surface area contributed by atoms with Crippen molar-refractivity contribution in [3.63, 3.8) is 0 Å². The number of H-pyrrole nitrogens is 1. The van der Waals surface area contributed by atoms with Gasteiger partial charge in [0.1, 0.15) is 0 Å². The zero-order chi connectivity index (χ0) is 18.1. The Morgan fingerprint density at radius 1 is 1.23 bits per heavy atom. The predicted octanol–water partition coefficient (Wildman–Crippen LogP) is 2.93. The van der Waals surface area contributed by atoms with Crippen molar-refractivity contribution in [3.8, 4) is 0 Å². The van der Waals surface area contributed by atoms with Gasteiger partial charge in [0.25, 0.3) is 5.91 Å². The number of piperidine rings is 1. The number of amides is 2. The molecule has 0 radical (unpaired) electrons. The molecule has 1 N–H and O–H groups in total. The molecule has 2 amide bonds. The lowest BCUT2D eigenvalue weighted by Crippen LogP contribution is -2.50. The van der Waals surface area contributed by atoms with Gasteiger partial charge in [-0.2, -0.15) is 5.10 Å². The van der Waals surface area contributed by atoms with E-state index in [0.717, 1.165) is 56.5 Å². The van der Waals surface area contributed by atoms with Gasteiger partial charge in [0, 0.05) is 32.1 Å². The minimum atomic E-state index is -0.349. The maximum Gasteiger partial charge on any atom is 0.257 e. The number of nitrogens with zero attached hydrogens (tertiary/aromatic N) is 3. The molecule has 1 saturated carbocycles. The molecule has 1 aliphatic carbocycles. The van der Waals surface area contributed by atoms with Crippen LogP contribution in [0.25, 0.3) is 0 Å². The molecule has 1 aromatic rings. The number of carbonyl (C=O) groups is 2. The van der Waals surface area contributed by atoms with Gasteiger partial charge >= 0.3 is 0 Å². The minimum Gasteiger partial charge on any atom is -0.342 e. The average molecular weight is 358 g/mol. The molecule has 2 saturated heterocycles. The Morgan fingerprint density at radius 3 is 2.81 bits per heavy atom. The van der Waals surface area contributed by atoms with Crippen molar-refractivity contribution < 1.29 is 9.59 Å². The number of likely N-dealkylation sites (tertiary alicyclic amines) is 2. The van der Waals surface area contributed by atoms with Crippen LogP contribution in [0.1, 0.15) is 80.3 Å². The number of aromatic amines is 1. The van der Waals surface area contributed by atoms with Crippen molar-refractivity contribution >= 4 is 11.8 Å². The van der Waals surface area contributed by atoms with Crippen LogP contribution in [0.2, 0.25) is 0 Å². The molecule has 1 spiro atoms. The summed E-state index contributed by atoms with van der Waals surface area (Å²) >= 11 is 0. The molecule has 6 nitrogen and oxygen atoms in total. The fraction of sp³-hybridized carbons (Fsp3) is 0.750. The number of aromatic nitrogens is 2. The third-order valence-corrected chi connectivity index (χ3v) is 6.76. The smallest absolute Gasteiger partial charge is 0.257 e. The highest BCUT2D eigenvalue weighted by Crippen LogP contribution is 2.41. The summed E-state index contributed by atoms with van der Waals surface area (Å²) in [7, 11) is 0. The first-order valence-electron chi connectivity index (χ1n) is 10.3. The minimum absolute atomic E-state index is 0.0534. The van der Waals surface area contributed by atoms with E-state index in [9.17, 15) is 9.59 Å². The predicted molar refractivity (Wildman–Crippen MR) is 98.9 cm³/mol. The molecule has 6 heteroatoms. The second-order valence-electron chi connectivity index (χ2n) is 8.28. The van der Waals surface area contributed by atoms with E-state index in [1.165, 1.54) is 19.3 Å². The van der Waals surface area contributed by atoms with Crippen molar-refractivity contribution in [1.29, 1.82) is 0 Å². The monoisotopic (exact) mass is 358 g/mol. The first-order chi connectivity index (χ1) is 12.6. The van der Waals surface area contributed by atoms with Crippen LogP contribution in [0.5, 0.6) is 0 Å². The molecule has 1 aromatic heterocycles. The summed E-state index contributed by atoms with van der Waals surface area (Å²) in [6.07, 6.45) is 10.5. The first kappa shape index (κ1) is 17.6. The van der Waals surface area contributed by atoms with Crippen molar-refractivity contribution in [1.82, 2.24) is 20.0 Å². The fourth-order valence-corrected chi connectivity index (χ4v) is 5.22. The highest BCUT2D eigenvalue weighted by molar-refractivity contribution is 5.96. The summed E-state index contributed by atoms with van der Waals surface area (Å²) in [5.74, 6) is 0.729. The summed E-state index contributed by atoms with van der Waals surface area (Å²) in [4.78, 5) is 30.0. The topological polar surface area (TPSA) is 69.3 Å². The van der Waals surface area contributed by atoms with Crippen LogP contribution >= 0.6 is 0 Å². The SMILES string of the molecule is CCN1CCCC2(CCN(C(=O)c3cn[nH]c3C3CCCCC3)C2)C1=O. The van der Waals surface area contributed by atoms with Crippen LogP contribution in [0.3, 0.4) is 0 Å². The Balaban J connectivity index is 1.50. The summed E-state index contributed by atoms with van der Waals surface area (Å²) in [5, 5.41) is 7.29. The molecule has 4 rings (SSSR count). The van der Waals surface area contributed by atoms with E-state index in [4.69, 9.17) is 0 Å². The normalized spacial score (nSPS) is 27.5. The quantitative estimate of drug-likeness (QED) is 0.903. The lowest BCUT2D eigenvalue weighted by molar-refractivity contribution is -0.145. The maximum absolute atomic E-state index is 13.2. The van der Waals surface area contributed by atoms with Crippen LogP contribution in [-0.2, 0) is 4.79 Å². The summed E-state index contributed by atoms with van der Waals surface area (Å²) in [5.41, 5.74) is 1.39. The number of hydrogen-bond donors (Lipinski definition) is 1. The summed E-state index contributed by atoms with van der Waals surface area (Å²) in [6.45, 7) is 4.91. The van der Waals surface area contributed by atoms with Gasteiger partial charge in [-0.15, -0.1) is 0 Å². The van der Waals surface area contributed by atoms with Gasteiger partial charge in [-0.1, -0.05) is 19.3 Å². The molecule has 3 fully saturated rings. The van der Waals surface area contributed by atoms with Crippen LogP contribution in [-0.4, -0.2) is 58.0 Å². The van der Waals surface area contributed by atoms with Crippen molar-refractivity contribution in [2.45, 2.75) is 64.2 Å². The number of carbonyl (C=O) groups excluding carboxylic acids is 2. The molecule has 1 unspecified atom stereocenters. The Morgan fingerprint density at radius 2 is 2.04 bits per heavy atom. The van der Waals surface area contributed by atoms with Gasteiger partial charge in [0.05, 0.1) is 22.9 Å². The largest absolute Gasteiger partial charge is 0.342 e. The molecule has 1 atom stereocenters. The Bertz CT molecular complexity index is 679. The molecular weight excluding hydrogens is 328 g/mol. The third-order valence-electron chi connectivity index (χ3n) is 6.76. The molecule has 0 bridgehead atoms. The van der Waals surface area contributed by atoms with Crippen molar-refractivity contribution in [2.75, 3.05) is 26.2 Å². The van der Waals surface area contributed by atoms with E-state index in [1.54, 1.807) is 6.20 Å². The average Bonchev–Trinajstić information content (AvgIpc) is 3.32. The van der Waals surface area contributed by atoms with Crippen LogP contribution in [0.4, 0.5) is 0 Å². The maximum atomic E-state index is 13.2. The first-order valence-corrected chi connectivity index (χ1v) is 10.3. The van der Waals surface area contributed by atoms with Crippen molar-refractivity contribution in [3.05, 3.63) is 17.5 Å². The highest BCUT2D eigenvalue weighted by atomic mass is 16.2. The van der Waals surface area contributed by atoms with E-state index in [-0.39, 0.29) is 17.2 Å². The van der Waals surface area contributed by atoms with Gasteiger partial charge in [-0.3, -0.25) is 14.7 Å². The molecule has 3 aliphatic rings. The molecule has 26 heavy (non-hydrogen) atoms.